The number of hydrogen-bond acceptors (Lipinski definition) is 1. The van der Waals surface area contributed by atoms with E-state index in [0.29, 0.717) is 0 Å². The van der Waals surface area contributed by atoms with Crippen molar-refractivity contribution in [1.82, 2.24) is 9.55 Å². The SMILES string of the molecule is Cc1c(Cn2ccnc2)ccc2ccccc12. The van der Waals surface area contributed by atoms with Gasteiger partial charge in [-0.05, 0) is 28.8 Å². The van der Waals surface area contributed by atoms with E-state index in [1.54, 1.807) is 0 Å². The van der Waals surface area contributed by atoms with E-state index in [9.17, 15) is 0 Å². The lowest BCUT2D eigenvalue weighted by atomic mass is 10.00. The van der Waals surface area contributed by atoms with Gasteiger partial charge in [0.25, 0.3) is 0 Å². The van der Waals surface area contributed by atoms with Crippen molar-refractivity contribution in [1.29, 1.82) is 0 Å². The molecule has 1 aromatic heterocycles. The Morgan fingerprint density at radius 1 is 1.12 bits per heavy atom. The van der Waals surface area contributed by atoms with Crippen LogP contribution in [0.15, 0.2) is 55.1 Å². The largest absolute Gasteiger partial charge is 0.333 e. The molecule has 84 valence electrons. The summed E-state index contributed by atoms with van der Waals surface area (Å²) < 4.78 is 2.09. The second kappa shape index (κ2) is 4.06. The quantitative estimate of drug-likeness (QED) is 0.650. The maximum Gasteiger partial charge on any atom is 0.0949 e. The van der Waals surface area contributed by atoms with Gasteiger partial charge in [-0.1, -0.05) is 36.4 Å². The maximum absolute atomic E-state index is 4.07. The predicted octanol–water partition coefficient (Wildman–Crippen LogP) is 3.39. The fourth-order valence-electron chi connectivity index (χ4n) is 2.22. The Morgan fingerprint density at radius 2 is 2.00 bits per heavy atom. The average Bonchev–Trinajstić information content (AvgIpc) is 2.86. The van der Waals surface area contributed by atoms with Gasteiger partial charge in [0, 0.05) is 18.9 Å². The van der Waals surface area contributed by atoms with Crippen LogP contribution in [0.1, 0.15) is 11.1 Å². The number of aryl methyl sites for hydroxylation is 1. The smallest absolute Gasteiger partial charge is 0.0949 e. The summed E-state index contributed by atoms with van der Waals surface area (Å²) in [6.45, 7) is 3.07. The minimum absolute atomic E-state index is 0.886. The number of fused-ring (bicyclic) bond motifs is 1. The van der Waals surface area contributed by atoms with Gasteiger partial charge in [-0.25, -0.2) is 4.98 Å². The molecule has 2 aromatic carbocycles. The number of benzene rings is 2. The third-order valence-electron chi connectivity index (χ3n) is 3.22. The van der Waals surface area contributed by atoms with Crippen LogP contribution in [0.4, 0.5) is 0 Å². The first-order valence-corrected chi connectivity index (χ1v) is 5.77. The molecule has 0 aliphatic heterocycles. The Hall–Kier alpha value is -2.09. The highest BCUT2D eigenvalue weighted by Gasteiger charge is 2.03. The Morgan fingerprint density at radius 3 is 2.82 bits per heavy atom. The van der Waals surface area contributed by atoms with Gasteiger partial charge < -0.3 is 4.57 Å². The van der Waals surface area contributed by atoms with Crippen molar-refractivity contribution in [2.75, 3.05) is 0 Å². The minimum Gasteiger partial charge on any atom is -0.333 e. The predicted molar refractivity (Wildman–Crippen MR) is 70.0 cm³/mol. The molecule has 0 saturated heterocycles. The van der Waals surface area contributed by atoms with Crippen molar-refractivity contribution in [3.63, 3.8) is 0 Å². The Labute approximate surface area is 101 Å². The van der Waals surface area contributed by atoms with Gasteiger partial charge in [-0.15, -0.1) is 0 Å². The molecular formula is C15H14N2. The summed E-state index contributed by atoms with van der Waals surface area (Å²) in [7, 11) is 0. The summed E-state index contributed by atoms with van der Waals surface area (Å²) >= 11 is 0. The average molecular weight is 222 g/mol. The van der Waals surface area contributed by atoms with E-state index in [2.05, 4.69) is 52.9 Å². The maximum atomic E-state index is 4.07. The van der Waals surface area contributed by atoms with Gasteiger partial charge >= 0.3 is 0 Å². The van der Waals surface area contributed by atoms with Crippen molar-refractivity contribution < 1.29 is 0 Å². The molecule has 0 radical (unpaired) electrons. The third-order valence-corrected chi connectivity index (χ3v) is 3.22. The molecule has 0 atom stereocenters. The number of nitrogens with zero attached hydrogens (tertiary/aromatic N) is 2. The molecule has 17 heavy (non-hydrogen) atoms. The fraction of sp³-hybridized carbons (Fsp3) is 0.133. The first-order valence-electron chi connectivity index (χ1n) is 5.77. The summed E-state index contributed by atoms with van der Waals surface area (Å²) in [4.78, 5) is 4.07. The molecule has 0 aliphatic rings. The van der Waals surface area contributed by atoms with E-state index in [1.165, 1.54) is 21.9 Å². The van der Waals surface area contributed by atoms with E-state index in [1.807, 2.05) is 18.7 Å². The minimum atomic E-state index is 0.886. The van der Waals surface area contributed by atoms with Gasteiger partial charge in [0.2, 0.25) is 0 Å². The molecule has 0 unspecified atom stereocenters. The van der Waals surface area contributed by atoms with Crippen LogP contribution in [-0.4, -0.2) is 9.55 Å². The molecular weight excluding hydrogens is 208 g/mol. The molecule has 0 fully saturated rings. The van der Waals surface area contributed by atoms with Gasteiger partial charge in [-0.3, -0.25) is 0 Å². The summed E-state index contributed by atoms with van der Waals surface area (Å²) in [6, 6.07) is 12.9. The van der Waals surface area contributed by atoms with Crippen LogP contribution in [0, 0.1) is 6.92 Å². The van der Waals surface area contributed by atoms with Crippen molar-refractivity contribution in [3.8, 4) is 0 Å². The molecule has 0 spiro atoms. The molecule has 3 rings (SSSR count). The van der Waals surface area contributed by atoms with Gasteiger partial charge in [0.15, 0.2) is 0 Å². The van der Waals surface area contributed by atoms with Crippen LogP contribution in [0.2, 0.25) is 0 Å². The van der Waals surface area contributed by atoms with Crippen molar-refractivity contribution in [3.05, 3.63) is 66.2 Å². The second-order valence-electron chi connectivity index (χ2n) is 4.31. The lowest BCUT2D eigenvalue weighted by Gasteiger charge is -2.09. The number of aromatic nitrogens is 2. The number of hydrogen-bond donors (Lipinski definition) is 0. The molecule has 2 nitrogen and oxygen atoms in total. The summed E-state index contributed by atoms with van der Waals surface area (Å²) in [5, 5.41) is 2.64. The monoisotopic (exact) mass is 222 g/mol. The van der Waals surface area contributed by atoms with Crippen LogP contribution in [0.5, 0.6) is 0 Å². The topological polar surface area (TPSA) is 17.8 Å². The Bertz CT molecular complexity index is 639. The highest BCUT2D eigenvalue weighted by Crippen LogP contribution is 2.22. The zero-order valence-corrected chi connectivity index (χ0v) is 9.80. The highest BCUT2D eigenvalue weighted by atomic mass is 15.0. The van der Waals surface area contributed by atoms with Crippen LogP contribution < -0.4 is 0 Å². The van der Waals surface area contributed by atoms with Crippen molar-refractivity contribution in [2.45, 2.75) is 13.5 Å². The van der Waals surface area contributed by atoms with Crippen LogP contribution in [-0.2, 0) is 6.54 Å². The van der Waals surface area contributed by atoms with E-state index in [0.717, 1.165) is 6.54 Å². The first-order chi connectivity index (χ1) is 8.34. The summed E-state index contributed by atoms with van der Waals surface area (Å²) in [5.41, 5.74) is 2.71. The molecule has 0 saturated carbocycles. The van der Waals surface area contributed by atoms with Gasteiger partial charge in [0.1, 0.15) is 0 Å². The zero-order chi connectivity index (χ0) is 11.7. The molecule has 0 bridgehead atoms. The van der Waals surface area contributed by atoms with Gasteiger partial charge in [-0.2, -0.15) is 0 Å². The van der Waals surface area contributed by atoms with Crippen LogP contribution in [0.3, 0.4) is 0 Å². The van der Waals surface area contributed by atoms with E-state index in [-0.39, 0.29) is 0 Å². The highest BCUT2D eigenvalue weighted by molar-refractivity contribution is 5.86. The lowest BCUT2D eigenvalue weighted by Crippen LogP contribution is -1.99. The number of imidazole rings is 1. The molecule has 0 amide bonds. The standard InChI is InChI=1S/C15H14N2/c1-12-14(10-17-9-8-16-11-17)7-6-13-4-2-3-5-15(12)13/h2-9,11H,10H2,1H3. The molecule has 0 N–H and O–H groups in total. The van der Waals surface area contributed by atoms with E-state index in [4.69, 9.17) is 0 Å². The number of rotatable bonds is 2. The fourth-order valence-corrected chi connectivity index (χ4v) is 2.22. The van der Waals surface area contributed by atoms with E-state index < -0.39 is 0 Å². The zero-order valence-electron chi connectivity index (χ0n) is 9.80. The Kier molecular flexibility index (Phi) is 2.41. The second-order valence-corrected chi connectivity index (χ2v) is 4.31. The molecule has 1 heterocycles. The summed E-state index contributed by atoms with van der Waals surface area (Å²) in [5.74, 6) is 0. The van der Waals surface area contributed by atoms with Crippen LogP contribution >= 0.6 is 0 Å². The lowest BCUT2D eigenvalue weighted by molar-refractivity contribution is 0.794. The third kappa shape index (κ3) is 1.82. The molecule has 3 aromatic rings. The van der Waals surface area contributed by atoms with Crippen LogP contribution in [0.25, 0.3) is 10.8 Å². The summed E-state index contributed by atoms with van der Waals surface area (Å²) in [6.07, 6.45) is 5.67. The first kappa shape index (κ1) is 10.1. The van der Waals surface area contributed by atoms with Crippen molar-refractivity contribution in [2.24, 2.45) is 0 Å². The van der Waals surface area contributed by atoms with Crippen molar-refractivity contribution >= 4 is 10.8 Å². The Balaban J connectivity index is 2.09. The molecule has 0 aliphatic carbocycles. The van der Waals surface area contributed by atoms with E-state index >= 15 is 0 Å². The normalized spacial score (nSPS) is 10.9. The van der Waals surface area contributed by atoms with Gasteiger partial charge in [0.05, 0.1) is 6.33 Å². The molecule has 2 heteroatoms.